The van der Waals surface area contributed by atoms with Gasteiger partial charge in [-0.25, -0.2) is 12.8 Å². The first-order chi connectivity index (χ1) is 18.6. The van der Waals surface area contributed by atoms with E-state index < -0.39 is 16.1 Å². The number of halogens is 1. The van der Waals surface area contributed by atoms with Crippen molar-refractivity contribution in [2.24, 2.45) is 0 Å². The Kier molecular flexibility index (Phi) is 9.32. The highest BCUT2D eigenvalue weighted by atomic mass is 32.2. The maximum atomic E-state index is 13.5. The molecule has 1 aliphatic heterocycles. The number of carbonyl (C=O) groups is 2. The van der Waals surface area contributed by atoms with Crippen molar-refractivity contribution in [3.05, 3.63) is 53.8 Å². The number of nitrogens with zero attached hydrogens (tertiary/aromatic N) is 2. The number of nitrogens with one attached hydrogen (secondary N) is 1. The standard InChI is InChI=1S/C28H36FN3O6S/c1-20(28(34)30-23-7-4-3-5-8-23)31(18-21-10-12-22(29)13-11-21)27(33)9-6-16-32(39(2,35)36)24-14-15-25-26(17-24)38-19-37-25/h10-15,17,20,23H,3-9,16,18-19H2,1-2H3,(H,30,34). The van der Waals surface area contributed by atoms with Gasteiger partial charge in [-0.2, -0.15) is 0 Å². The second-order valence-corrected chi connectivity index (χ2v) is 12.1. The average molecular weight is 562 g/mol. The van der Waals surface area contributed by atoms with Gasteiger partial charge < -0.3 is 19.7 Å². The lowest BCUT2D eigenvalue weighted by molar-refractivity contribution is -0.141. The predicted molar refractivity (Wildman–Crippen MR) is 145 cm³/mol. The van der Waals surface area contributed by atoms with Crippen molar-refractivity contribution in [1.29, 1.82) is 0 Å². The largest absolute Gasteiger partial charge is 0.454 e. The SMILES string of the molecule is CC(C(=O)NC1CCCCC1)N(Cc1ccc(F)cc1)C(=O)CCCN(c1ccc2c(c1)OCO2)S(C)(=O)=O. The summed E-state index contributed by atoms with van der Waals surface area (Å²) in [4.78, 5) is 28.0. The summed E-state index contributed by atoms with van der Waals surface area (Å²) >= 11 is 0. The number of amides is 2. The van der Waals surface area contributed by atoms with E-state index in [0.29, 0.717) is 22.7 Å². The normalized spacial score (nSPS) is 16.0. The number of hydrogen-bond acceptors (Lipinski definition) is 6. The third-order valence-corrected chi connectivity index (χ3v) is 8.38. The Balaban J connectivity index is 1.44. The van der Waals surface area contributed by atoms with Crippen molar-refractivity contribution in [2.75, 3.05) is 23.9 Å². The minimum Gasteiger partial charge on any atom is -0.454 e. The van der Waals surface area contributed by atoms with E-state index in [9.17, 15) is 22.4 Å². The first kappa shape index (κ1) is 28.7. The number of sulfonamides is 1. The second-order valence-electron chi connectivity index (χ2n) is 10.1. The summed E-state index contributed by atoms with van der Waals surface area (Å²) in [6, 6.07) is 10.1. The minimum absolute atomic E-state index is 0.0266. The van der Waals surface area contributed by atoms with Crippen LogP contribution in [0.5, 0.6) is 11.5 Å². The molecule has 1 fully saturated rings. The van der Waals surface area contributed by atoms with Crippen LogP contribution in [0.3, 0.4) is 0 Å². The van der Waals surface area contributed by atoms with Gasteiger partial charge in [0.15, 0.2) is 11.5 Å². The molecule has 0 saturated heterocycles. The van der Waals surface area contributed by atoms with E-state index in [-0.39, 0.29) is 56.4 Å². The fourth-order valence-electron chi connectivity index (χ4n) is 4.98. The van der Waals surface area contributed by atoms with Crippen molar-refractivity contribution in [3.63, 3.8) is 0 Å². The Labute approximate surface area is 229 Å². The lowest BCUT2D eigenvalue weighted by Crippen LogP contribution is -2.50. The number of benzene rings is 2. The summed E-state index contributed by atoms with van der Waals surface area (Å²) in [5.41, 5.74) is 1.11. The Morgan fingerprint density at radius 2 is 1.74 bits per heavy atom. The molecule has 0 bridgehead atoms. The molecule has 9 nitrogen and oxygen atoms in total. The predicted octanol–water partition coefficient (Wildman–Crippen LogP) is 3.97. The summed E-state index contributed by atoms with van der Waals surface area (Å²) in [6.45, 7) is 1.96. The molecule has 0 aromatic heterocycles. The molecule has 2 amide bonds. The summed E-state index contributed by atoms with van der Waals surface area (Å²) in [5, 5.41) is 3.08. The summed E-state index contributed by atoms with van der Waals surface area (Å²) in [6.07, 6.45) is 6.51. The Morgan fingerprint density at radius 1 is 1.05 bits per heavy atom. The van der Waals surface area contributed by atoms with Crippen molar-refractivity contribution < 1.29 is 31.9 Å². The molecular formula is C28H36FN3O6S. The zero-order valence-corrected chi connectivity index (χ0v) is 23.2. The van der Waals surface area contributed by atoms with Crippen LogP contribution in [0, 0.1) is 5.82 Å². The number of anilines is 1. The van der Waals surface area contributed by atoms with Gasteiger partial charge in [0.05, 0.1) is 11.9 Å². The van der Waals surface area contributed by atoms with E-state index >= 15 is 0 Å². The van der Waals surface area contributed by atoms with E-state index in [4.69, 9.17) is 9.47 Å². The van der Waals surface area contributed by atoms with Gasteiger partial charge in [-0.15, -0.1) is 0 Å². The first-order valence-corrected chi connectivity index (χ1v) is 15.2. The molecule has 2 aromatic rings. The second kappa shape index (κ2) is 12.7. The average Bonchev–Trinajstić information content (AvgIpc) is 3.38. The monoisotopic (exact) mass is 561 g/mol. The molecule has 1 aliphatic carbocycles. The highest BCUT2D eigenvalue weighted by Gasteiger charge is 2.29. The lowest BCUT2D eigenvalue weighted by atomic mass is 9.95. The Hall–Kier alpha value is -3.34. The summed E-state index contributed by atoms with van der Waals surface area (Å²) in [5.74, 6) is 0.101. The summed E-state index contributed by atoms with van der Waals surface area (Å²) < 4.78 is 50.5. The van der Waals surface area contributed by atoms with Gasteiger partial charge >= 0.3 is 0 Å². The maximum absolute atomic E-state index is 13.5. The zero-order valence-electron chi connectivity index (χ0n) is 22.4. The van der Waals surface area contributed by atoms with Gasteiger partial charge in [-0.05, 0) is 56.0 Å². The summed E-state index contributed by atoms with van der Waals surface area (Å²) in [7, 11) is -3.64. The highest BCUT2D eigenvalue weighted by Crippen LogP contribution is 2.36. The van der Waals surface area contributed by atoms with E-state index in [1.165, 1.54) is 21.3 Å². The van der Waals surface area contributed by atoms with E-state index in [2.05, 4.69) is 5.32 Å². The molecule has 2 aromatic carbocycles. The molecule has 11 heteroatoms. The fourth-order valence-corrected chi connectivity index (χ4v) is 5.94. The smallest absolute Gasteiger partial charge is 0.242 e. The van der Waals surface area contributed by atoms with E-state index in [1.54, 1.807) is 37.3 Å². The van der Waals surface area contributed by atoms with Crippen molar-refractivity contribution in [3.8, 4) is 11.5 Å². The van der Waals surface area contributed by atoms with Crippen molar-refractivity contribution >= 4 is 27.5 Å². The molecule has 1 N–H and O–H groups in total. The zero-order chi connectivity index (χ0) is 28.0. The molecule has 1 saturated carbocycles. The molecule has 2 aliphatic rings. The molecule has 4 rings (SSSR count). The van der Waals surface area contributed by atoms with Gasteiger partial charge in [0.2, 0.25) is 28.6 Å². The fraction of sp³-hybridized carbons (Fsp3) is 0.500. The van der Waals surface area contributed by atoms with Crippen LogP contribution in [0.4, 0.5) is 10.1 Å². The Morgan fingerprint density at radius 3 is 2.44 bits per heavy atom. The van der Waals surface area contributed by atoms with Gasteiger partial charge in [0.25, 0.3) is 0 Å². The van der Waals surface area contributed by atoms with E-state index in [0.717, 1.165) is 38.4 Å². The quantitative estimate of drug-likeness (QED) is 0.445. The van der Waals surface area contributed by atoms with E-state index in [1.807, 2.05) is 0 Å². The highest BCUT2D eigenvalue weighted by molar-refractivity contribution is 7.92. The third kappa shape index (κ3) is 7.62. The number of rotatable bonds is 11. The molecule has 0 spiro atoms. The van der Waals surface area contributed by atoms with Crippen LogP contribution in [0.1, 0.15) is 57.4 Å². The van der Waals surface area contributed by atoms with Gasteiger partial charge in [-0.3, -0.25) is 13.9 Å². The topological polar surface area (TPSA) is 105 Å². The molecule has 39 heavy (non-hydrogen) atoms. The van der Waals surface area contributed by atoms with Crippen LogP contribution in [0.2, 0.25) is 0 Å². The van der Waals surface area contributed by atoms with Crippen LogP contribution in [0.25, 0.3) is 0 Å². The third-order valence-electron chi connectivity index (χ3n) is 7.18. The van der Waals surface area contributed by atoms with Crippen LogP contribution in [-0.2, 0) is 26.2 Å². The molecule has 0 radical (unpaired) electrons. The number of fused-ring (bicyclic) bond motifs is 1. The number of hydrogen-bond donors (Lipinski definition) is 1. The van der Waals surface area contributed by atoms with Gasteiger partial charge in [-0.1, -0.05) is 31.4 Å². The molecule has 1 heterocycles. The van der Waals surface area contributed by atoms with Crippen LogP contribution in [-0.4, -0.2) is 56.8 Å². The first-order valence-electron chi connectivity index (χ1n) is 13.3. The Bertz CT molecular complexity index is 1260. The van der Waals surface area contributed by atoms with Crippen LogP contribution in [0.15, 0.2) is 42.5 Å². The lowest BCUT2D eigenvalue weighted by Gasteiger charge is -2.31. The van der Waals surface area contributed by atoms with Crippen molar-refractivity contribution in [2.45, 2.75) is 70.5 Å². The minimum atomic E-state index is -3.64. The molecule has 1 unspecified atom stereocenters. The molecule has 212 valence electrons. The van der Waals surface area contributed by atoms with Gasteiger partial charge in [0, 0.05) is 31.6 Å². The van der Waals surface area contributed by atoms with Crippen molar-refractivity contribution in [1.82, 2.24) is 10.2 Å². The van der Waals surface area contributed by atoms with Gasteiger partial charge in [0.1, 0.15) is 11.9 Å². The maximum Gasteiger partial charge on any atom is 0.242 e. The molecular weight excluding hydrogens is 525 g/mol. The number of ether oxygens (including phenoxy) is 2. The number of carbonyl (C=O) groups excluding carboxylic acids is 2. The molecule has 1 atom stereocenters. The van der Waals surface area contributed by atoms with Crippen LogP contribution >= 0.6 is 0 Å². The van der Waals surface area contributed by atoms with Crippen LogP contribution < -0.4 is 19.1 Å².